The van der Waals surface area contributed by atoms with Crippen molar-refractivity contribution in [2.45, 2.75) is 32.6 Å². The Morgan fingerprint density at radius 1 is 1.37 bits per heavy atom. The van der Waals surface area contributed by atoms with Crippen molar-refractivity contribution in [2.75, 3.05) is 18.9 Å². The summed E-state index contributed by atoms with van der Waals surface area (Å²) in [4.78, 5) is 25.3. The summed E-state index contributed by atoms with van der Waals surface area (Å²) in [5.41, 5.74) is 2.38. The van der Waals surface area contributed by atoms with Gasteiger partial charge >= 0.3 is 0 Å². The lowest BCUT2D eigenvalue weighted by atomic mass is 10.1. The highest BCUT2D eigenvalue weighted by molar-refractivity contribution is 6.02. The number of hydrogen-bond acceptors (Lipinski definition) is 2. The van der Waals surface area contributed by atoms with Crippen LogP contribution >= 0.6 is 0 Å². The van der Waals surface area contributed by atoms with Crippen molar-refractivity contribution in [1.29, 1.82) is 0 Å². The summed E-state index contributed by atoms with van der Waals surface area (Å²) < 4.78 is 0. The Balaban J connectivity index is 2.04. The summed E-state index contributed by atoms with van der Waals surface area (Å²) in [6, 6.07) is 5.44. The molecule has 2 amide bonds. The third-order valence-corrected chi connectivity index (χ3v) is 3.43. The molecule has 2 rings (SSSR count). The van der Waals surface area contributed by atoms with Gasteiger partial charge in [0.25, 0.3) is 5.91 Å². The molecule has 0 aliphatic carbocycles. The molecule has 0 saturated carbocycles. The second kappa shape index (κ2) is 5.87. The number of rotatable bonds is 5. The Labute approximate surface area is 113 Å². The number of anilines is 1. The second-order valence-electron chi connectivity index (χ2n) is 5.03. The van der Waals surface area contributed by atoms with Crippen LogP contribution in [0.25, 0.3) is 0 Å². The minimum Gasteiger partial charge on any atom is -0.342 e. The van der Waals surface area contributed by atoms with Crippen LogP contribution in [-0.2, 0) is 11.2 Å². The second-order valence-corrected chi connectivity index (χ2v) is 5.03. The summed E-state index contributed by atoms with van der Waals surface area (Å²) in [5, 5.41) is 2.77. The monoisotopic (exact) mass is 260 g/mol. The molecule has 0 bridgehead atoms. The molecule has 1 aromatic carbocycles. The highest BCUT2D eigenvalue weighted by Crippen LogP contribution is 2.24. The number of unbranched alkanes of at least 4 members (excludes halogenated alkanes) is 2. The molecule has 4 nitrogen and oxygen atoms in total. The van der Waals surface area contributed by atoms with Gasteiger partial charge in [-0.1, -0.05) is 25.8 Å². The van der Waals surface area contributed by atoms with Gasteiger partial charge in [-0.3, -0.25) is 9.59 Å². The number of carbonyl (C=O) groups excluding carboxylic acids is 2. The van der Waals surface area contributed by atoms with Crippen molar-refractivity contribution < 1.29 is 9.59 Å². The largest absolute Gasteiger partial charge is 0.342 e. The molecule has 0 radical (unpaired) electrons. The average molecular weight is 260 g/mol. The summed E-state index contributed by atoms with van der Waals surface area (Å²) in [6.07, 6.45) is 3.72. The van der Waals surface area contributed by atoms with Crippen LogP contribution < -0.4 is 5.32 Å². The van der Waals surface area contributed by atoms with Crippen molar-refractivity contribution in [2.24, 2.45) is 0 Å². The van der Waals surface area contributed by atoms with Gasteiger partial charge in [0.1, 0.15) is 0 Å². The molecule has 19 heavy (non-hydrogen) atoms. The van der Waals surface area contributed by atoms with Gasteiger partial charge in [-0.05, 0) is 24.1 Å². The first-order valence-electron chi connectivity index (χ1n) is 6.80. The number of benzene rings is 1. The summed E-state index contributed by atoms with van der Waals surface area (Å²) >= 11 is 0. The molecular formula is C15H20N2O2. The van der Waals surface area contributed by atoms with Gasteiger partial charge in [0.15, 0.2) is 0 Å². The Hall–Kier alpha value is -1.84. The fourth-order valence-electron chi connectivity index (χ4n) is 2.27. The molecule has 1 aliphatic rings. The van der Waals surface area contributed by atoms with E-state index in [9.17, 15) is 9.59 Å². The predicted octanol–water partition coefficient (Wildman–Crippen LogP) is 2.44. The van der Waals surface area contributed by atoms with Gasteiger partial charge < -0.3 is 10.2 Å². The third kappa shape index (κ3) is 3.13. The molecule has 1 N–H and O–H groups in total. The van der Waals surface area contributed by atoms with Gasteiger partial charge in [0, 0.05) is 24.8 Å². The smallest absolute Gasteiger partial charge is 0.253 e. The van der Waals surface area contributed by atoms with Gasteiger partial charge in [0.2, 0.25) is 5.91 Å². The van der Waals surface area contributed by atoms with Crippen molar-refractivity contribution in [1.82, 2.24) is 4.90 Å². The molecule has 1 heterocycles. The topological polar surface area (TPSA) is 49.4 Å². The van der Waals surface area contributed by atoms with Crippen molar-refractivity contribution >= 4 is 17.5 Å². The van der Waals surface area contributed by atoms with Gasteiger partial charge in [-0.2, -0.15) is 0 Å². The van der Waals surface area contributed by atoms with E-state index in [1.165, 1.54) is 0 Å². The number of carbonyl (C=O) groups is 2. The van der Waals surface area contributed by atoms with Crippen LogP contribution in [0.4, 0.5) is 5.69 Å². The molecule has 0 fully saturated rings. The number of fused-ring (bicyclic) bond motifs is 1. The molecule has 4 heteroatoms. The summed E-state index contributed by atoms with van der Waals surface area (Å²) in [6.45, 7) is 2.92. The molecule has 0 saturated heterocycles. The van der Waals surface area contributed by atoms with E-state index in [-0.39, 0.29) is 11.8 Å². The summed E-state index contributed by atoms with van der Waals surface area (Å²) in [5.74, 6) is 0.0101. The summed E-state index contributed by atoms with van der Waals surface area (Å²) in [7, 11) is 1.82. The minimum atomic E-state index is -0.00380. The Bertz CT molecular complexity index is 497. The maximum atomic E-state index is 12.2. The van der Waals surface area contributed by atoms with Crippen LogP contribution in [0.1, 0.15) is 42.1 Å². The number of nitrogens with one attached hydrogen (secondary N) is 1. The normalized spacial score (nSPS) is 13.1. The van der Waals surface area contributed by atoms with Crippen molar-refractivity contribution in [3.8, 4) is 0 Å². The maximum Gasteiger partial charge on any atom is 0.253 e. The van der Waals surface area contributed by atoms with Crippen LogP contribution in [0.3, 0.4) is 0 Å². The maximum absolute atomic E-state index is 12.2. The van der Waals surface area contributed by atoms with Crippen LogP contribution in [0.15, 0.2) is 18.2 Å². The van der Waals surface area contributed by atoms with E-state index >= 15 is 0 Å². The van der Waals surface area contributed by atoms with Crippen LogP contribution in [0.5, 0.6) is 0 Å². The first kappa shape index (κ1) is 13.6. The van der Waals surface area contributed by atoms with Gasteiger partial charge in [0.05, 0.1) is 6.42 Å². The minimum absolute atomic E-state index is 0.00380. The number of hydrogen-bond donors (Lipinski definition) is 1. The Morgan fingerprint density at radius 2 is 2.16 bits per heavy atom. The van der Waals surface area contributed by atoms with Crippen molar-refractivity contribution in [3.05, 3.63) is 29.3 Å². The van der Waals surface area contributed by atoms with E-state index in [1.54, 1.807) is 17.0 Å². The Morgan fingerprint density at radius 3 is 2.89 bits per heavy atom. The Kier molecular flexibility index (Phi) is 4.20. The molecule has 0 aromatic heterocycles. The molecule has 0 atom stereocenters. The molecule has 0 unspecified atom stereocenters. The molecule has 0 spiro atoms. The third-order valence-electron chi connectivity index (χ3n) is 3.43. The zero-order chi connectivity index (χ0) is 13.8. The van der Waals surface area contributed by atoms with E-state index < -0.39 is 0 Å². The van der Waals surface area contributed by atoms with Crippen LogP contribution in [-0.4, -0.2) is 30.3 Å². The highest BCUT2D eigenvalue weighted by atomic mass is 16.2. The zero-order valence-electron chi connectivity index (χ0n) is 11.5. The van der Waals surface area contributed by atoms with E-state index in [2.05, 4.69) is 12.2 Å². The van der Waals surface area contributed by atoms with Crippen LogP contribution in [0, 0.1) is 0 Å². The standard InChI is InChI=1S/C15H20N2O2/c1-3-4-5-8-17(2)15(19)12-7-6-11-10-14(18)16-13(11)9-12/h6-7,9H,3-5,8,10H2,1-2H3,(H,16,18). The van der Waals surface area contributed by atoms with E-state index in [1.807, 2.05) is 13.1 Å². The quantitative estimate of drug-likeness (QED) is 0.827. The van der Waals surface area contributed by atoms with E-state index in [4.69, 9.17) is 0 Å². The molecular weight excluding hydrogens is 240 g/mol. The fourth-order valence-corrected chi connectivity index (χ4v) is 2.27. The fraction of sp³-hybridized carbons (Fsp3) is 0.467. The lowest BCUT2D eigenvalue weighted by molar-refractivity contribution is -0.115. The lowest BCUT2D eigenvalue weighted by Gasteiger charge is -2.17. The predicted molar refractivity (Wildman–Crippen MR) is 75.3 cm³/mol. The molecule has 1 aromatic rings. The average Bonchev–Trinajstić information content (AvgIpc) is 2.77. The SMILES string of the molecule is CCCCCN(C)C(=O)c1ccc2c(c1)NC(=O)C2. The zero-order valence-corrected chi connectivity index (χ0v) is 11.5. The first-order valence-corrected chi connectivity index (χ1v) is 6.80. The van der Waals surface area contributed by atoms with Crippen LogP contribution in [0.2, 0.25) is 0 Å². The lowest BCUT2D eigenvalue weighted by Crippen LogP contribution is -2.27. The number of amides is 2. The van der Waals surface area contributed by atoms with Crippen molar-refractivity contribution in [3.63, 3.8) is 0 Å². The first-order chi connectivity index (χ1) is 9.11. The highest BCUT2D eigenvalue weighted by Gasteiger charge is 2.20. The molecule has 1 aliphatic heterocycles. The van der Waals surface area contributed by atoms with Gasteiger partial charge in [-0.25, -0.2) is 0 Å². The van der Waals surface area contributed by atoms with E-state index in [0.29, 0.717) is 12.0 Å². The molecule has 102 valence electrons. The van der Waals surface area contributed by atoms with Gasteiger partial charge in [-0.15, -0.1) is 0 Å². The van der Waals surface area contributed by atoms with E-state index in [0.717, 1.165) is 37.1 Å². The number of nitrogens with zero attached hydrogens (tertiary/aromatic N) is 1.